The van der Waals surface area contributed by atoms with Gasteiger partial charge in [-0.1, -0.05) is 20.3 Å². The molecule has 0 spiro atoms. The SMILES string of the molecule is CCC(C)[C@H](NC(=O)OC(C)(C)C)C(=O)N[C@@H](CCC(=O)O)C(=O)NCC(=O)N[C@@H](CCCN=C(N)N)C(=O)COC(=O)c1ccc(OC)cc1. The number of ketones is 1. The van der Waals surface area contributed by atoms with Crippen molar-refractivity contribution in [3.8, 4) is 5.75 Å². The molecule has 284 valence electrons. The summed E-state index contributed by atoms with van der Waals surface area (Å²) >= 11 is 0. The predicted molar refractivity (Wildman–Crippen MR) is 185 cm³/mol. The lowest BCUT2D eigenvalue weighted by molar-refractivity contribution is -0.138. The summed E-state index contributed by atoms with van der Waals surface area (Å²) in [5.41, 5.74) is 10.0. The number of hydrogen-bond acceptors (Lipinski definition) is 11. The Balaban J connectivity index is 2.98. The maximum Gasteiger partial charge on any atom is 0.408 e. The van der Waals surface area contributed by atoms with E-state index < -0.39 is 90.8 Å². The summed E-state index contributed by atoms with van der Waals surface area (Å²) in [5, 5.41) is 19.0. The fourth-order valence-corrected chi connectivity index (χ4v) is 4.34. The van der Waals surface area contributed by atoms with E-state index in [2.05, 4.69) is 26.3 Å². The Morgan fingerprint density at radius 2 is 1.57 bits per heavy atom. The number of aliphatic imine (C=N–C) groups is 1. The molecule has 0 bridgehead atoms. The number of esters is 1. The third-order valence-corrected chi connectivity index (χ3v) is 7.21. The van der Waals surface area contributed by atoms with Crippen LogP contribution in [0.15, 0.2) is 29.3 Å². The van der Waals surface area contributed by atoms with Crippen LogP contribution >= 0.6 is 0 Å². The van der Waals surface area contributed by atoms with Crippen LogP contribution in [-0.4, -0.2) is 103 Å². The Labute approximate surface area is 296 Å². The monoisotopic (exact) mass is 721 g/mol. The van der Waals surface area contributed by atoms with Crippen LogP contribution in [-0.2, 0) is 33.4 Å². The zero-order valence-corrected chi connectivity index (χ0v) is 29.9. The number of nitrogens with two attached hydrogens (primary N) is 2. The second-order valence-electron chi connectivity index (χ2n) is 12.6. The molecule has 1 aromatic rings. The summed E-state index contributed by atoms with van der Waals surface area (Å²) in [7, 11) is 1.46. The fraction of sp³-hybridized carbons (Fsp3) is 0.576. The number of nitrogens with one attached hydrogen (secondary N) is 4. The first kappa shape index (κ1) is 43.6. The average Bonchev–Trinajstić information content (AvgIpc) is 3.06. The fourth-order valence-electron chi connectivity index (χ4n) is 4.34. The molecule has 0 saturated heterocycles. The predicted octanol–water partition coefficient (Wildman–Crippen LogP) is 0.365. The number of carboxylic acids is 1. The molecule has 4 amide bonds. The highest BCUT2D eigenvalue weighted by atomic mass is 16.6. The number of carbonyl (C=O) groups is 7. The maximum atomic E-state index is 13.3. The topological polar surface area (TPSA) is 280 Å². The van der Waals surface area contributed by atoms with Crippen molar-refractivity contribution >= 4 is 47.5 Å². The summed E-state index contributed by atoms with van der Waals surface area (Å²) < 4.78 is 15.4. The van der Waals surface area contributed by atoms with Gasteiger partial charge in [0.25, 0.3) is 0 Å². The lowest BCUT2D eigenvalue weighted by Gasteiger charge is -2.28. The molecular weight excluding hydrogens is 670 g/mol. The molecule has 0 aliphatic carbocycles. The van der Waals surface area contributed by atoms with E-state index in [4.69, 9.17) is 25.7 Å². The van der Waals surface area contributed by atoms with Crippen LogP contribution in [0.2, 0.25) is 0 Å². The third kappa shape index (κ3) is 17.7. The smallest absolute Gasteiger partial charge is 0.408 e. The van der Waals surface area contributed by atoms with Gasteiger partial charge in [0.15, 0.2) is 18.3 Å². The molecule has 0 radical (unpaired) electrons. The third-order valence-electron chi connectivity index (χ3n) is 7.21. The lowest BCUT2D eigenvalue weighted by atomic mass is 9.97. The normalized spacial score (nSPS) is 13.2. The Bertz CT molecular complexity index is 1390. The molecule has 0 aromatic heterocycles. The van der Waals surface area contributed by atoms with Crippen LogP contribution in [0.25, 0.3) is 0 Å². The summed E-state index contributed by atoms with van der Waals surface area (Å²) in [4.78, 5) is 92.4. The second kappa shape index (κ2) is 21.6. The Hall–Kier alpha value is -5.42. The van der Waals surface area contributed by atoms with Crippen molar-refractivity contribution in [3.05, 3.63) is 29.8 Å². The van der Waals surface area contributed by atoms with Crippen LogP contribution < -0.4 is 37.5 Å². The standard InChI is InChI=1S/C33H51N7O11/c1-7-19(2)27(40-32(48)51-33(3,4)5)29(46)39-23(14-15-26(43)44)28(45)37-17-25(42)38-22(9-8-16-36-31(34)35)24(41)18-50-30(47)20-10-12-21(49-6)13-11-20/h10-13,19,22-23,27H,7-9,14-18H2,1-6H3,(H,37,45)(H,38,42)(H,39,46)(H,40,48)(H,43,44)(H4,34,35,36)/t19?,22-,23-,27-/m0/s1. The molecule has 0 saturated carbocycles. The van der Waals surface area contributed by atoms with Gasteiger partial charge in [0.1, 0.15) is 23.4 Å². The van der Waals surface area contributed by atoms with Crippen molar-refractivity contribution in [1.82, 2.24) is 21.3 Å². The molecule has 4 atom stereocenters. The Morgan fingerprint density at radius 3 is 2.12 bits per heavy atom. The van der Waals surface area contributed by atoms with Gasteiger partial charge < -0.3 is 52.1 Å². The summed E-state index contributed by atoms with van der Waals surface area (Å²) in [6, 6.07) is 2.31. The number of alkyl carbamates (subject to hydrolysis) is 1. The van der Waals surface area contributed by atoms with Gasteiger partial charge in [0.05, 0.1) is 25.3 Å². The first-order valence-electron chi connectivity index (χ1n) is 16.3. The van der Waals surface area contributed by atoms with Gasteiger partial charge in [-0.15, -0.1) is 0 Å². The van der Waals surface area contributed by atoms with E-state index in [-0.39, 0.29) is 37.3 Å². The molecule has 0 aliphatic rings. The Kier molecular flexibility index (Phi) is 18.5. The number of Topliss-reactive ketones (excluding diaryl/α,β-unsaturated/α-hetero) is 1. The molecule has 1 aromatic carbocycles. The molecule has 18 nitrogen and oxygen atoms in total. The first-order chi connectivity index (χ1) is 23.9. The van der Waals surface area contributed by atoms with Crippen molar-refractivity contribution in [2.24, 2.45) is 22.4 Å². The number of nitrogens with zero attached hydrogens (tertiary/aromatic N) is 1. The van der Waals surface area contributed by atoms with Crippen molar-refractivity contribution < 1.29 is 52.9 Å². The first-order valence-corrected chi connectivity index (χ1v) is 16.3. The Morgan fingerprint density at radius 1 is 0.922 bits per heavy atom. The van der Waals surface area contributed by atoms with E-state index in [0.717, 1.165) is 0 Å². The molecule has 0 aliphatic heterocycles. The highest BCUT2D eigenvalue weighted by molar-refractivity contribution is 5.96. The summed E-state index contributed by atoms with van der Waals surface area (Å²) in [6.07, 6.45) is -0.921. The van der Waals surface area contributed by atoms with Crippen LogP contribution in [0.4, 0.5) is 4.79 Å². The van der Waals surface area contributed by atoms with Gasteiger partial charge in [-0.3, -0.25) is 29.0 Å². The van der Waals surface area contributed by atoms with Crippen molar-refractivity contribution in [2.75, 3.05) is 26.8 Å². The minimum atomic E-state index is -1.40. The molecule has 1 rings (SSSR count). The summed E-state index contributed by atoms with van der Waals surface area (Å²) in [6.45, 7) is 7.24. The van der Waals surface area contributed by atoms with E-state index in [1.165, 1.54) is 19.2 Å². The minimum Gasteiger partial charge on any atom is -0.497 e. The zero-order chi connectivity index (χ0) is 38.7. The van der Waals surface area contributed by atoms with E-state index in [0.29, 0.717) is 12.2 Å². The van der Waals surface area contributed by atoms with Gasteiger partial charge in [-0.2, -0.15) is 0 Å². The number of hydrogen-bond donors (Lipinski definition) is 7. The van der Waals surface area contributed by atoms with E-state index in [1.54, 1.807) is 46.8 Å². The van der Waals surface area contributed by atoms with Crippen LogP contribution in [0.3, 0.4) is 0 Å². The van der Waals surface area contributed by atoms with Gasteiger partial charge in [-0.05, 0) is 70.2 Å². The molecule has 9 N–H and O–H groups in total. The molecule has 18 heteroatoms. The highest BCUT2D eigenvalue weighted by Crippen LogP contribution is 2.14. The van der Waals surface area contributed by atoms with Crippen LogP contribution in [0.5, 0.6) is 5.75 Å². The van der Waals surface area contributed by atoms with E-state index in [1.807, 2.05) is 0 Å². The number of amides is 4. The second-order valence-corrected chi connectivity index (χ2v) is 12.6. The minimum absolute atomic E-state index is 0.0499. The number of rotatable bonds is 21. The quantitative estimate of drug-likeness (QED) is 0.0391. The van der Waals surface area contributed by atoms with Crippen molar-refractivity contribution in [3.63, 3.8) is 0 Å². The summed E-state index contributed by atoms with van der Waals surface area (Å²) in [5.74, 6) is -5.18. The molecule has 1 unspecified atom stereocenters. The van der Waals surface area contributed by atoms with Crippen molar-refractivity contribution in [2.45, 2.75) is 90.4 Å². The zero-order valence-electron chi connectivity index (χ0n) is 29.9. The molecule has 0 heterocycles. The molecular formula is C33H51N7O11. The van der Waals surface area contributed by atoms with E-state index >= 15 is 0 Å². The number of benzene rings is 1. The van der Waals surface area contributed by atoms with Crippen LogP contribution in [0, 0.1) is 5.92 Å². The molecule has 0 fully saturated rings. The average molecular weight is 722 g/mol. The molecule has 51 heavy (non-hydrogen) atoms. The maximum absolute atomic E-state index is 13.3. The number of guanidine groups is 1. The number of ether oxygens (including phenoxy) is 3. The van der Waals surface area contributed by atoms with E-state index in [9.17, 15) is 38.7 Å². The van der Waals surface area contributed by atoms with Crippen molar-refractivity contribution in [1.29, 1.82) is 0 Å². The lowest BCUT2D eigenvalue weighted by Crippen LogP contribution is -2.57. The van der Waals surface area contributed by atoms with Crippen LogP contribution in [0.1, 0.15) is 77.1 Å². The van der Waals surface area contributed by atoms with Gasteiger partial charge in [0, 0.05) is 13.0 Å². The number of carbonyl (C=O) groups excluding carboxylic acids is 6. The largest absolute Gasteiger partial charge is 0.497 e. The van der Waals surface area contributed by atoms with Gasteiger partial charge in [0.2, 0.25) is 17.7 Å². The van der Waals surface area contributed by atoms with Gasteiger partial charge >= 0.3 is 18.0 Å². The number of aliphatic carboxylic acids is 1. The number of carboxylic acid groups (broad SMARTS) is 1. The number of methoxy groups -OCH3 is 1. The highest BCUT2D eigenvalue weighted by Gasteiger charge is 2.32. The van der Waals surface area contributed by atoms with Gasteiger partial charge in [-0.25, -0.2) is 9.59 Å².